The molecular weight excluding hydrogens is 506 g/mol. The van der Waals surface area contributed by atoms with E-state index in [0.29, 0.717) is 29.4 Å². The summed E-state index contributed by atoms with van der Waals surface area (Å²) in [4.78, 5) is 44.2. The summed E-state index contributed by atoms with van der Waals surface area (Å²) >= 11 is 0. The zero-order valence-corrected chi connectivity index (χ0v) is 22.4. The first kappa shape index (κ1) is 27.0. The lowest BCUT2D eigenvalue weighted by Gasteiger charge is -2.19. The smallest absolute Gasteiger partial charge is 0.332 e. The zero-order valence-electron chi connectivity index (χ0n) is 22.4. The lowest BCUT2D eigenvalue weighted by Crippen LogP contribution is -2.38. The van der Waals surface area contributed by atoms with Gasteiger partial charge in [0.2, 0.25) is 5.75 Å². The summed E-state index contributed by atoms with van der Waals surface area (Å²) in [7, 11) is 7.17. The Hall–Kier alpha value is -5.00. The number of carbonyl (C=O) groups is 1. The second-order valence-electron chi connectivity index (χ2n) is 8.48. The van der Waals surface area contributed by atoms with E-state index < -0.39 is 17.2 Å². The SMILES string of the molecule is CCOc1ccc(NC(=O)c2c(N)nc3c(c2-c2cc(OC)c(OC)c(OC)c2)c(=O)n(C)c(=O)n3C)cc1. The van der Waals surface area contributed by atoms with Crippen molar-refractivity contribution in [2.24, 2.45) is 14.1 Å². The van der Waals surface area contributed by atoms with Gasteiger partial charge in [-0.3, -0.25) is 18.7 Å². The minimum Gasteiger partial charge on any atom is -0.494 e. The molecule has 0 saturated carbocycles. The van der Waals surface area contributed by atoms with Crippen molar-refractivity contribution >= 4 is 28.4 Å². The van der Waals surface area contributed by atoms with Gasteiger partial charge in [-0.25, -0.2) is 9.78 Å². The number of ether oxygens (including phenoxy) is 4. The van der Waals surface area contributed by atoms with Crippen LogP contribution in [0, 0.1) is 0 Å². The van der Waals surface area contributed by atoms with Gasteiger partial charge in [-0.1, -0.05) is 0 Å². The first-order valence-corrected chi connectivity index (χ1v) is 11.9. The molecule has 12 nitrogen and oxygen atoms in total. The van der Waals surface area contributed by atoms with E-state index >= 15 is 0 Å². The van der Waals surface area contributed by atoms with Gasteiger partial charge in [0.05, 0.1) is 38.9 Å². The van der Waals surface area contributed by atoms with E-state index in [1.807, 2.05) is 6.92 Å². The van der Waals surface area contributed by atoms with Gasteiger partial charge in [0.1, 0.15) is 11.6 Å². The molecule has 2 aromatic heterocycles. The molecule has 0 aliphatic heterocycles. The number of benzene rings is 2. The molecule has 3 N–H and O–H groups in total. The molecule has 4 rings (SSSR count). The van der Waals surface area contributed by atoms with Gasteiger partial charge < -0.3 is 30.0 Å². The average Bonchev–Trinajstić information content (AvgIpc) is 2.94. The maximum absolute atomic E-state index is 13.7. The van der Waals surface area contributed by atoms with Crippen molar-refractivity contribution in [2.75, 3.05) is 39.0 Å². The number of hydrogen-bond donors (Lipinski definition) is 2. The highest BCUT2D eigenvalue weighted by molar-refractivity contribution is 6.16. The summed E-state index contributed by atoms with van der Waals surface area (Å²) in [5.41, 5.74) is 6.01. The van der Waals surface area contributed by atoms with Crippen LogP contribution in [0.4, 0.5) is 11.5 Å². The largest absolute Gasteiger partial charge is 0.494 e. The Bertz CT molecular complexity index is 1670. The number of nitrogens with one attached hydrogen (secondary N) is 1. The minimum absolute atomic E-state index is 0.0138. The van der Waals surface area contributed by atoms with Crippen molar-refractivity contribution in [3.63, 3.8) is 0 Å². The molecule has 4 aromatic rings. The first-order valence-electron chi connectivity index (χ1n) is 11.9. The number of pyridine rings is 1. The normalized spacial score (nSPS) is 10.8. The molecule has 0 fully saturated rings. The molecule has 0 aliphatic rings. The Morgan fingerprint density at radius 3 is 2.13 bits per heavy atom. The third kappa shape index (κ3) is 4.72. The third-order valence-corrected chi connectivity index (χ3v) is 6.22. The number of aryl methyl sites for hydroxylation is 1. The Morgan fingerprint density at radius 2 is 1.59 bits per heavy atom. The van der Waals surface area contributed by atoms with Crippen LogP contribution in [0.5, 0.6) is 23.0 Å². The van der Waals surface area contributed by atoms with Crippen LogP contribution in [0.15, 0.2) is 46.0 Å². The Labute approximate surface area is 223 Å². The number of fused-ring (bicyclic) bond motifs is 1. The molecule has 12 heteroatoms. The molecular formula is C27H29N5O7. The molecule has 0 radical (unpaired) electrons. The fraction of sp³-hybridized carbons (Fsp3) is 0.259. The van der Waals surface area contributed by atoms with E-state index in [-0.39, 0.29) is 39.5 Å². The van der Waals surface area contributed by atoms with Crippen molar-refractivity contribution in [3.05, 3.63) is 62.8 Å². The van der Waals surface area contributed by atoms with Crippen LogP contribution in [0.1, 0.15) is 17.3 Å². The van der Waals surface area contributed by atoms with Gasteiger partial charge in [-0.2, -0.15) is 0 Å². The van der Waals surface area contributed by atoms with Crippen molar-refractivity contribution in [1.82, 2.24) is 14.1 Å². The highest BCUT2D eigenvalue weighted by atomic mass is 16.5. The van der Waals surface area contributed by atoms with Crippen LogP contribution in [0.3, 0.4) is 0 Å². The standard InChI is InChI=1S/C27H29N5O7/c1-7-39-16-10-8-15(9-11-16)29-25(33)20-19(14-12-17(36-4)22(38-6)18(13-14)37-5)21-24(30-23(20)28)31(2)27(35)32(3)26(21)34/h8-13H,7H2,1-6H3,(H2,28,30)(H,29,33). The van der Waals surface area contributed by atoms with E-state index in [1.165, 1.54) is 40.0 Å². The third-order valence-electron chi connectivity index (χ3n) is 6.22. The number of hydrogen-bond acceptors (Lipinski definition) is 9. The highest BCUT2D eigenvalue weighted by Crippen LogP contribution is 2.43. The molecule has 0 bridgehead atoms. The number of methoxy groups -OCH3 is 3. The second kappa shape index (κ2) is 10.8. The van der Waals surface area contributed by atoms with Gasteiger partial charge in [0, 0.05) is 25.3 Å². The zero-order chi connectivity index (χ0) is 28.4. The molecule has 0 atom stereocenters. The van der Waals surface area contributed by atoms with Crippen molar-refractivity contribution in [2.45, 2.75) is 6.92 Å². The van der Waals surface area contributed by atoms with Crippen LogP contribution in [-0.4, -0.2) is 48.0 Å². The number of nitrogens with two attached hydrogens (primary N) is 1. The molecule has 2 heterocycles. The van der Waals surface area contributed by atoms with Gasteiger partial charge in [0.25, 0.3) is 11.5 Å². The Kier molecular flexibility index (Phi) is 7.47. The van der Waals surface area contributed by atoms with Crippen LogP contribution in [-0.2, 0) is 14.1 Å². The van der Waals surface area contributed by atoms with Crippen molar-refractivity contribution < 1.29 is 23.7 Å². The minimum atomic E-state index is -0.653. The van der Waals surface area contributed by atoms with Crippen LogP contribution < -0.4 is 41.2 Å². The van der Waals surface area contributed by atoms with Crippen LogP contribution >= 0.6 is 0 Å². The van der Waals surface area contributed by atoms with Crippen molar-refractivity contribution in [1.29, 1.82) is 0 Å². The molecule has 0 spiro atoms. The highest BCUT2D eigenvalue weighted by Gasteiger charge is 2.27. The number of carbonyl (C=O) groups excluding carboxylic acids is 1. The summed E-state index contributed by atoms with van der Waals surface area (Å²) in [6.07, 6.45) is 0. The molecule has 0 saturated heterocycles. The second-order valence-corrected chi connectivity index (χ2v) is 8.48. The lowest BCUT2D eigenvalue weighted by atomic mass is 9.95. The summed E-state index contributed by atoms with van der Waals surface area (Å²) in [6.45, 7) is 2.37. The fourth-order valence-electron chi connectivity index (χ4n) is 4.34. The summed E-state index contributed by atoms with van der Waals surface area (Å²) in [6, 6.07) is 9.96. The van der Waals surface area contributed by atoms with E-state index in [2.05, 4.69) is 10.3 Å². The molecule has 0 aliphatic carbocycles. The lowest BCUT2D eigenvalue weighted by molar-refractivity contribution is 0.102. The van der Waals surface area contributed by atoms with E-state index in [9.17, 15) is 14.4 Å². The van der Waals surface area contributed by atoms with Gasteiger partial charge in [0.15, 0.2) is 17.1 Å². The van der Waals surface area contributed by atoms with E-state index in [0.717, 1.165) is 4.57 Å². The molecule has 39 heavy (non-hydrogen) atoms. The molecule has 204 valence electrons. The quantitative estimate of drug-likeness (QED) is 0.347. The first-order chi connectivity index (χ1) is 18.7. The van der Waals surface area contributed by atoms with Crippen molar-refractivity contribution in [3.8, 4) is 34.1 Å². The maximum Gasteiger partial charge on any atom is 0.332 e. The predicted octanol–water partition coefficient (Wildman–Crippen LogP) is 2.56. The Balaban J connectivity index is 2.06. The number of nitrogens with zero attached hydrogens (tertiary/aromatic N) is 3. The fourth-order valence-corrected chi connectivity index (χ4v) is 4.34. The van der Waals surface area contributed by atoms with E-state index in [1.54, 1.807) is 36.4 Å². The predicted molar refractivity (Wildman–Crippen MR) is 147 cm³/mol. The number of rotatable bonds is 8. The molecule has 2 aromatic carbocycles. The number of aromatic nitrogens is 3. The van der Waals surface area contributed by atoms with Gasteiger partial charge >= 0.3 is 5.69 Å². The number of nitrogen functional groups attached to an aromatic ring is 1. The number of anilines is 2. The topological polar surface area (TPSA) is 149 Å². The number of amides is 1. The molecule has 1 amide bonds. The average molecular weight is 536 g/mol. The summed E-state index contributed by atoms with van der Waals surface area (Å²) in [5, 5.41) is 2.82. The van der Waals surface area contributed by atoms with Gasteiger partial charge in [-0.05, 0) is 48.9 Å². The Morgan fingerprint density at radius 1 is 0.974 bits per heavy atom. The summed E-state index contributed by atoms with van der Waals surface area (Å²) in [5.74, 6) is 0.731. The van der Waals surface area contributed by atoms with Crippen LogP contribution in [0.25, 0.3) is 22.2 Å². The van der Waals surface area contributed by atoms with Crippen LogP contribution in [0.2, 0.25) is 0 Å². The summed E-state index contributed by atoms with van der Waals surface area (Å²) < 4.78 is 24.0. The maximum atomic E-state index is 13.7. The monoisotopic (exact) mass is 535 g/mol. The van der Waals surface area contributed by atoms with Gasteiger partial charge in [-0.15, -0.1) is 0 Å². The van der Waals surface area contributed by atoms with E-state index in [4.69, 9.17) is 24.7 Å². The molecule has 0 unspecified atom stereocenters.